The highest BCUT2D eigenvalue weighted by molar-refractivity contribution is 5.95. The zero-order valence-electron chi connectivity index (χ0n) is 12.2. The summed E-state index contributed by atoms with van der Waals surface area (Å²) in [5, 5.41) is 7.50. The molecule has 0 aliphatic carbocycles. The quantitative estimate of drug-likeness (QED) is 0.648. The molecule has 3 N–H and O–H groups in total. The van der Waals surface area contributed by atoms with Gasteiger partial charge in [-0.05, 0) is 43.5 Å². The summed E-state index contributed by atoms with van der Waals surface area (Å²) in [4.78, 5) is 5.21. The number of hydrogen-bond acceptors (Lipinski definition) is 3. The molecule has 0 amide bonds. The molecule has 108 valence electrons. The highest BCUT2D eigenvalue weighted by Crippen LogP contribution is 2.23. The van der Waals surface area contributed by atoms with Crippen molar-refractivity contribution in [3.05, 3.63) is 34.9 Å². The molecule has 0 bridgehead atoms. The standard InChI is InChI=1S/C16H24N4/c1-12-9-13(16(17)18)4-5-14(12)10-19-7-8-20-6-2-3-15(20)11-19/h4-5,9,15H,2-3,6-8,10-11H2,1H3,(H3,17,18). The third-order valence-corrected chi connectivity index (χ3v) is 4.72. The molecule has 0 spiro atoms. The third kappa shape index (κ3) is 2.72. The molecule has 1 aromatic rings. The first-order valence-corrected chi connectivity index (χ1v) is 7.54. The summed E-state index contributed by atoms with van der Waals surface area (Å²) in [5.41, 5.74) is 8.97. The van der Waals surface area contributed by atoms with Gasteiger partial charge in [-0.15, -0.1) is 0 Å². The highest BCUT2D eigenvalue weighted by atomic mass is 15.3. The Morgan fingerprint density at radius 1 is 1.35 bits per heavy atom. The summed E-state index contributed by atoms with van der Waals surface area (Å²) in [6.07, 6.45) is 2.73. The van der Waals surface area contributed by atoms with Crippen molar-refractivity contribution in [1.29, 1.82) is 5.41 Å². The Morgan fingerprint density at radius 3 is 2.95 bits per heavy atom. The summed E-state index contributed by atoms with van der Waals surface area (Å²) in [6, 6.07) is 6.91. The van der Waals surface area contributed by atoms with Crippen molar-refractivity contribution in [3.63, 3.8) is 0 Å². The first-order valence-electron chi connectivity index (χ1n) is 7.54. The zero-order chi connectivity index (χ0) is 14.1. The first-order chi connectivity index (χ1) is 9.63. The second-order valence-electron chi connectivity index (χ2n) is 6.12. The minimum absolute atomic E-state index is 0.152. The lowest BCUT2D eigenvalue weighted by Crippen LogP contribution is -2.49. The van der Waals surface area contributed by atoms with Crippen molar-refractivity contribution in [2.75, 3.05) is 26.2 Å². The fourth-order valence-electron chi connectivity index (χ4n) is 3.48. The number of rotatable bonds is 3. The van der Waals surface area contributed by atoms with Gasteiger partial charge in [0, 0.05) is 37.8 Å². The van der Waals surface area contributed by atoms with E-state index in [4.69, 9.17) is 11.1 Å². The van der Waals surface area contributed by atoms with E-state index in [0.29, 0.717) is 0 Å². The number of piperazine rings is 1. The Morgan fingerprint density at radius 2 is 2.20 bits per heavy atom. The molecule has 1 aromatic carbocycles. The van der Waals surface area contributed by atoms with Gasteiger partial charge in [-0.2, -0.15) is 0 Å². The van der Waals surface area contributed by atoms with Crippen LogP contribution in [0.1, 0.15) is 29.5 Å². The van der Waals surface area contributed by atoms with Crippen molar-refractivity contribution < 1.29 is 0 Å². The lowest BCUT2D eigenvalue weighted by Gasteiger charge is -2.37. The minimum atomic E-state index is 0.152. The number of nitrogens with zero attached hydrogens (tertiary/aromatic N) is 2. The molecule has 2 saturated heterocycles. The van der Waals surface area contributed by atoms with Crippen molar-refractivity contribution in [2.45, 2.75) is 32.4 Å². The van der Waals surface area contributed by atoms with E-state index >= 15 is 0 Å². The van der Waals surface area contributed by atoms with Gasteiger partial charge in [0.1, 0.15) is 5.84 Å². The molecule has 4 heteroatoms. The molecule has 2 heterocycles. The summed E-state index contributed by atoms with van der Waals surface area (Å²) in [6.45, 7) is 8.03. The number of hydrogen-bond donors (Lipinski definition) is 2. The Labute approximate surface area is 121 Å². The van der Waals surface area contributed by atoms with Crippen LogP contribution in [0.5, 0.6) is 0 Å². The maximum Gasteiger partial charge on any atom is 0.122 e. The zero-order valence-corrected chi connectivity index (χ0v) is 12.2. The Hall–Kier alpha value is -1.39. The number of fused-ring (bicyclic) bond motifs is 1. The van der Waals surface area contributed by atoms with Crippen LogP contribution in [0.4, 0.5) is 0 Å². The molecule has 4 nitrogen and oxygen atoms in total. The van der Waals surface area contributed by atoms with Crippen LogP contribution in [0, 0.1) is 12.3 Å². The monoisotopic (exact) mass is 272 g/mol. The maximum atomic E-state index is 7.50. The fourth-order valence-corrected chi connectivity index (χ4v) is 3.48. The Kier molecular flexibility index (Phi) is 3.76. The van der Waals surface area contributed by atoms with Gasteiger partial charge in [0.05, 0.1) is 0 Å². The summed E-state index contributed by atoms with van der Waals surface area (Å²) < 4.78 is 0. The number of amidine groups is 1. The summed E-state index contributed by atoms with van der Waals surface area (Å²) in [7, 11) is 0. The minimum Gasteiger partial charge on any atom is -0.384 e. The van der Waals surface area contributed by atoms with Gasteiger partial charge >= 0.3 is 0 Å². The largest absolute Gasteiger partial charge is 0.384 e. The van der Waals surface area contributed by atoms with Gasteiger partial charge in [-0.3, -0.25) is 15.2 Å². The topological polar surface area (TPSA) is 56.4 Å². The molecule has 0 radical (unpaired) electrons. The molecule has 1 atom stereocenters. The van der Waals surface area contributed by atoms with Crippen molar-refractivity contribution in [1.82, 2.24) is 9.80 Å². The summed E-state index contributed by atoms with van der Waals surface area (Å²) >= 11 is 0. The van der Waals surface area contributed by atoms with Crippen molar-refractivity contribution in [3.8, 4) is 0 Å². The smallest absolute Gasteiger partial charge is 0.122 e. The first kappa shape index (κ1) is 13.6. The highest BCUT2D eigenvalue weighted by Gasteiger charge is 2.30. The molecule has 3 rings (SSSR count). The molecular weight excluding hydrogens is 248 g/mol. The van der Waals surface area contributed by atoms with Crippen LogP contribution in [-0.2, 0) is 6.54 Å². The molecule has 0 aromatic heterocycles. The average Bonchev–Trinajstić information content (AvgIpc) is 2.88. The number of nitrogen functional groups attached to an aromatic ring is 1. The van der Waals surface area contributed by atoms with E-state index in [0.717, 1.165) is 18.2 Å². The van der Waals surface area contributed by atoms with Crippen LogP contribution in [0.2, 0.25) is 0 Å². The van der Waals surface area contributed by atoms with Gasteiger partial charge in [0.15, 0.2) is 0 Å². The Balaban J connectivity index is 1.67. The average molecular weight is 272 g/mol. The van der Waals surface area contributed by atoms with Crippen LogP contribution in [0.15, 0.2) is 18.2 Å². The van der Waals surface area contributed by atoms with Gasteiger partial charge in [-0.1, -0.05) is 12.1 Å². The SMILES string of the molecule is Cc1cc(C(=N)N)ccc1CN1CCN2CCCC2C1. The molecule has 0 saturated carbocycles. The lowest BCUT2D eigenvalue weighted by molar-refractivity contribution is 0.0992. The number of nitrogens with two attached hydrogens (primary N) is 1. The lowest BCUT2D eigenvalue weighted by atomic mass is 10.0. The van der Waals surface area contributed by atoms with E-state index in [1.54, 1.807) is 0 Å². The summed E-state index contributed by atoms with van der Waals surface area (Å²) in [5.74, 6) is 0.152. The molecule has 2 fully saturated rings. The Bertz CT molecular complexity index is 511. The van der Waals surface area contributed by atoms with Crippen LogP contribution in [0.25, 0.3) is 0 Å². The third-order valence-electron chi connectivity index (χ3n) is 4.72. The molecule has 2 aliphatic heterocycles. The number of aryl methyl sites for hydroxylation is 1. The van der Waals surface area contributed by atoms with Crippen LogP contribution < -0.4 is 5.73 Å². The molecule has 20 heavy (non-hydrogen) atoms. The van der Waals surface area contributed by atoms with Gasteiger partial charge in [-0.25, -0.2) is 0 Å². The molecule has 2 aliphatic rings. The van der Waals surface area contributed by atoms with E-state index in [9.17, 15) is 0 Å². The second-order valence-corrected chi connectivity index (χ2v) is 6.12. The van der Waals surface area contributed by atoms with E-state index in [1.807, 2.05) is 12.1 Å². The number of nitrogens with one attached hydrogen (secondary N) is 1. The predicted molar refractivity (Wildman–Crippen MR) is 82.1 cm³/mol. The van der Waals surface area contributed by atoms with Crippen LogP contribution >= 0.6 is 0 Å². The predicted octanol–water partition coefficient (Wildman–Crippen LogP) is 1.56. The van der Waals surface area contributed by atoms with Crippen molar-refractivity contribution in [2.24, 2.45) is 5.73 Å². The van der Waals surface area contributed by atoms with E-state index in [2.05, 4.69) is 22.8 Å². The van der Waals surface area contributed by atoms with Crippen LogP contribution in [-0.4, -0.2) is 47.9 Å². The normalized spacial score (nSPS) is 23.8. The van der Waals surface area contributed by atoms with Gasteiger partial charge < -0.3 is 5.73 Å². The molecule has 1 unspecified atom stereocenters. The van der Waals surface area contributed by atoms with Gasteiger partial charge in [0.25, 0.3) is 0 Å². The van der Waals surface area contributed by atoms with E-state index < -0.39 is 0 Å². The maximum absolute atomic E-state index is 7.50. The van der Waals surface area contributed by atoms with E-state index in [1.165, 1.54) is 50.1 Å². The number of benzene rings is 1. The fraction of sp³-hybridized carbons (Fsp3) is 0.562. The van der Waals surface area contributed by atoms with E-state index in [-0.39, 0.29) is 5.84 Å². The van der Waals surface area contributed by atoms with Crippen LogP contribution in [0.3, 0.4) is 0 Å². The van der Waals surface area contributed by atoms with Gasteiger partial charge in [0.2, 0.25) is 0 Å². The molecular formula is C16H24N4. The van der Waals surface area contributed by atoms with Crippen molar-refractivity contribution >= 4 is 5.84 Å². The second kappa shape index (κ2) is 5.54.